The van der Waals surface area contributed by atoms with Crippen molar-refractivity contribution in [2.24, 2.45) is 5.73 Å². The molecule has 1 aliphatic carbocycles. The molecule has 1 aromatic heterocycles. The van der Waals surface area contributed by atoms with E-state index in [9.17, 15) is 0 Å². The zero-order chi connectivity index (χ0) is 12.5. The first-order valence-electron chi connectivity index (χ1n) is 6.59. The number of nitrogens with zero attached hydrogens (tertiary/aromatic N) is 2. The summed E-state index contributed by atoms with van der Waals surface area (Å²) < 4.78 is 1.25. The molecule has 3 nitrogen and oxygen atoms in total. The van der Waals surface area contributed by atoms with Crippen molar-refractivity contribution < 1.29 is 0 Å². The fraction of sp³-hybridized carbons (Fsp3) is 0.500. The lowest BCUT2D eigenvalue weighted by Crippen LogP contribution is -2.48. The van der Waals surface area contributed by atoms with Crippen LogP contribution in [-0.2, 0) is 0 Å². The van der Waals surface area contributed by atoms with Crippen molar-refractivity contribution in [3.05, 3.63) is 24.3 Å². The standard InChI is InChI=1S/C14H19N3S/c1-17(12-8-4-2-6-10(12)15)14-16-11-7-3-5-9-13(11)18-14/h3,5,7,9-10,12H,2,4,6,8,15H2,1H3. The van der Waals surface area contributed by atoms with Crippen LogP contribution in [0.3, 0.4) is 0 Å². The van der Waals surface area contributed by atoms with Crippen LogP contribution in [0.15, 0.2) is 24.3 Å². The number of hydrogen-bond donors (Lipinski definition) is 1. The van der Waals surface area contributed by atoms with E-state index < -0.39 is 0 Å². The van der Waals surface area contributed by atoms with Crippen molar-refractivity contribution in [2.45, 2.75) is 37.8 Å². The number of benzene rings is 1. The second kappa shape index (κ2) is 4.86. The molecule has 0 radical (unpaired) electrons. The third-order valence-corrected chi connectivity index (χ3v) is 4.99. The number of fused-ring (bicyclic) bond motifs is 1. The highest BCUT2D eigenvalue weighted by molar-refractivity contribution is 7.22. The summed E-state index contributed by atoms with van der Waals surface area (Å²) in [5, 5.41) is 1.10. The molecule has 1 aromatic carbocycles. The average Bonchev–Trinajstić information content (AvgIpc) is 2.82. The van der Waals surface area contributed by atoms with E-state index in [2.05, 4.69) is 30.1 Å². The predicted molar refractivity (Wildman–Crippen MR) is 78.3 cm³/mol. The Balaban J connectivity index is 1.88. The van der Waals surface area contributed by atoms with Gasteiger partial charge in [0.25, 0.3) is 0 Å². The van der Waals surface area contributed by atoms with Crippen LogP contribution in [0.5, 0.6) is 0 Å². The summed E-state index contributed by atoms with van der Waals surface area (Å²) >= 11 is 1.76. The summed E-state index contributed by atoms with van der Waals surface area (Å²) in [6.45, 7) is 0. The predicted octanol–water partition coefficient (Wildman–Crippen LogP) is 3.00. The molecule has 1 heterocycles. The molecule has 0 bridgehead atoms. The normalized spacial score (nSPS) is 24.3. The van der Waals surface area contributed by atoms with Crippen molar-refractivity contribution in [3.63, 3.8) is 0 Å². The molecular formula is C14H19N3S. The molecule has 1 aliphatic rings. The molecule has 4 heteroatoms. The zero-order valence-corrected chi connectivity index (χ0v) is 11.5. The van der Waals surface area contributed by atoms with Crippen molar-refractivity contribution >= 4 is 26.7 Å². The van der Waals surface area contributed by atoms with Crippen LogP contribution in [0.1, 0.15) is 25.7 Å². The lowest BCUT2D eigenvalue weighted by molar-refractivity contribution is 0.373. The maximum atomic E-state index is 6.25. The lowest BCUT2D eigenvalue weighted by Gasteiger charge is -2.35. The molecule has 0 spiro atoms. The molecule has 3 rings (SSSR count). The number of para-hydroxylation sites is 1. The zero-order valence-electron chi connectivity index (χ0n) is 10.7. The molecule has 18 heavy (non-hydrogen) atoms. The molecule has 2 atom stereocenters. The molecule has 96 valence electrons. The number of likely N-dealkylation sites (N-methyl/N-ethyl adjacent to an activating group) is 1. The third-order valence-electron chi connectivity index (χ3n) is 3.86. The van der Waals surface area contributed by atoms with Gasteiger partial charge in [0, 0.05) is 19.1 Å². The van der Waals surface area contributed by atoms with Crippen LogP contribution in [-0.4, -0.2) is 24.1 Å². The summed E-state index contributed by atoms with van der Waals surface area (Å²) in [4.78, 5) is 7.00. The van der Waals surface area contributed by atoms with Crippen LogP contribution in [0.25, 0.3) is 10.2 Å². The number of rotatable bonds is 2. The van der Waals surface area contributed by atoms with Gasteiger partial charge in [-0.15, -0.1) is 0 Å². The molecule has 2 N–H and O–H groups in total. The maximum absolute atomic E-state index is 6.25. The Hall–Kier alpha value is -1.13. The van der Waals surface area contributed by atoms with E-state index in [0.29, 0.717) is 6.04 Å². The van der Waals surface area contributed by atoms with Gasteiger partial charge >= 0.3 is 0 Å². The lowest BCUT2D eigenvalue weighted by atomic mass is 9.90. The highest BCUT2D eigenvalue weighted by Crippen LogP contribution is 2.31. The smallest absolute Gasteiger partial charge is 0.186 e. The number of thiazole rings is 1. The fourth-order valence-corrected chi connectivity index (χ4v) is 3.76. The highest BCUT2D eigenvalue weighted by atomic mass is 32.1. The van der Waals surface area contributed by atoms with Crippen LogP contribution >= 0.6 is 11.3 Å². The van der Waals surface area contributed by atoms with Gasteiger partial charge in [0.1, 0.15) is 0 Å². The van der Waals surface area contributed by atoms with Gasteiger partial charge in [-0.05, 0) is 25.0 Å². The van der Waals surface area contributed by atoms with Gasteiger partial charge in [0.05, 0.1) is 10.2 Å². The van der Waals surface area contributed by atoms with Crippen molar-refractivity contribution in [1.82, 2.24) is 4.98 Å². The summed E-state index contributed by atoms with van der Waals surface area (Å²) in [7, 11) is 2.13. The first-order chi connectivity index (χ1) is 8.75. The van der Waals surface area contributed by atoms with Crippen molar-refractivity contribution in [1.29, 1.82) is 0 Å². The van der Waals surface area contributed by atoms with Crippen LogP contribution in [0.4, 0.5) is 5.13 Å². The van der Waals surface area contributed by atoms with Crippen LogP contribution in [0, 0.1) is 0 Å². The molecule has 0 saturated heterocycles. The van der Waals surface area contributed by atoms with Crippen molar-refractivity contribution in [2.75, 3.05) is 11.9 Å². The Morgan fingerprint density at radius 3 is 2.83 bits per heavy atom. The largest absolute Gasteiger partial charge is 0.347 e. The molecule has 2 aromatic rings. The number of aromatic nitrogens is 1. The van der Waals surface area contributed by atoms with Gasteiger partial charge in [0.15, 0.2) is 5.13 Å². The third kappa shape index (κ3) is 2.10. The molecule has 0 aliphatic heterocycles. The van der Waals surface area contributed by atoms with Gasteiger partial charge < -0.3 is 10.6 Å². The Labute approximate surface area is 112 Å². The van der Waals surface area contributed by atoms with E-state index >= 15 is 0 Å². The number of nitrogens with two attached hydrogens (primary N) is 1. The Morgan fingerprint density at radius 1 is 1.28 bits per heavy atom. The Morgan fingerprint density at radius 2 is 2.06 bits per heavy atom. The quantitative estimate of drug-likeness (QED) is 0.903. The Bertz CT molecular complexity index is 504. The van der Waals surface area contributed by atoms with Gasteiger partial charge in [-0.2, -0.15) is 0 Å². The second-order valence-electron chi connectivity index (χ2n) is 5.09. The monoisotopic (exact) mass is 261 g/mol. The van der Waals surface area contributed by atoms with E-state index in [4.69, 9.17) is 10.7 Å². The number of anilines is 1. The summed E-state index contributed by atoms with van der Waals surface area (Å²) in [6, 6.07) is 9.04. The summed E-state index contributed by atoms with van der Waals surface area (Å²) in [6.07, 6.45) is 4.88. The minimum Gasteiger partial charge on any atom is -0.347 e. The van der Waals surface area contributed by atoms with Gasteiger partial charge in [-0.1, -0.05) is 36.3 Å². The van der Waals surface area contributed by atoms with E-state index in [1.54, 1.807) is 11.3 Å². The molecule has 2 unspecified atom stereocenters. The highest BCUT2D eigenvalue weighted by Gasteiger charge is 2.27. The summed E-state index contributed by atoms with van der Waals surface area (Å²) in [5.41, 5.74) is 7.34. The Kier molecular flexibility index (Phi) is 3.22. The van der Waals surface area contributed by atoms with E-state index in [-0.39, 0.29) is 6.04 Å². The minimum atomic E-state index is 0.288. The second-order valence-corrected chi connectivity index (χ2v) is 6.10. The SMILES string of the molecule is CN(c1nc2ccccc2s1)C1CCCCC1N. The summed E-state index contributed by atoms with van der Waals surface area (Å²) in [5.74, 6) is 0. The van der Waals surface area contributed by atoms with Gasteiger partial charge in [0.2, 0.25) is 0 Å². The van der Waals surface area contributed by atoms with Crippen molar-refractivity contribution in [3.8, 4) is 0 Å². The molecule has 1 saturated carbocycles. The minimum absolute atomic E-state index is 0.288. The van der Waals surface area contributed by atoms with Gasteiger partial charge in [-0.3, -0.25) is 0 Å². The van der Waals surface area contributed by atoms with E-state index in [1.807, 2.05) is 6.07 Å². The first-order valence-corrected chi connectivity index (χ1v) is 7.41. The fourth-order valence-electron chi connectivity index (χ4n) is 2.77. The molecule has 0 amide bonds. The molecular weight excluding hydrogens is 242 g/mol. The topological polar surface area (TPSA) is 42.2 Å². The van der Waals surface area contributed by atoms with Crippen LogP contribution < -0.4 is 10.6 Å². The van der Waals surface area contributed by atoms with Gasteiger partial charge in [-0.25, -0.2) is 4.98 Å². The van der Waals surface area contributed by atoms with Crippen LogP contribution in [0.2, 0.25) is 0 Å². The molecule has 1 fully saturated rings. The number of hydrogen-bond acceptors (Lipinski definition) is 4. The maximum Gasteiger partial charge on any atom is 0.186 e. The van der Waals surface area contributed by atoms with E-state index in [0.717, 1.165) is 17.1 Å². The van der Waals surface area contributed by atoms with E-state index in [1.165, 1.54) is 24.0 Å². The average molecular weight is 261 g/mol. The first kappa shape index (κ1) is 11.9.